The molecular weight excluding hydrogens is 138 g/mol. The molecular formula is C2H2ClO3P. The van der Waals surface area contributed by atoms with E-state index in [0.29, 0.717) is 0 Å². The normalized spacial score (nSPS) is 23.6. The maximum absolute atomic E-state index is 10.3. The average Bonchev–Trinajstić information content (AvgIpc) is 1.84. The maximum Gasteiger partial charge on any atom is 0.529 e. The van der Waals surface area contributed by atoms with E-state index in [-0.39, 0.29) is 0 Å². The molecule has 0 aromatic rings. The number of hydrogen-bond acceptors (Lipinski definition) is 3. The highest BCUT2D eigenvalue weighted by Gasteiger charge is 2.23. The zero-order valence-corrected chi connectivity index (χ0v) is 4.85. The van der Waals surface area contributed by atoms with E-state index < -0.39 is 6.95 Å². The van der Waals surface area contributed by atoms with Gasteiger partial charge in [0.1, 0.15) is 12.5 Å². The minimum atomic E-state index is -3.18. The highest BCUT2D eigenvalue weighted by molar-refractivity contribution is 7.81. The largest absolute Gasteiger partial charge is 0.529 e. The molecule has 0 aliphatic carbocycles. The van der Waals surface area contributed by atoms with Gasteiger partial charge in [-0.1, -0.05) is 0 Å². The van der Waals surface area contributed by atoms with Gasteiger partial charge in [-0.3, -0.25) is 0 Å². The molecule has 0 aromatic heterocycles. The highest BCUT2D eigenvalue weighted by Crippen LogP contribution is 2.56. The van der Waals surface area contributed by atoms with Gasteiger partial charge in [0.15, 0.2) is 0 Å². The van der Waals surface area contributed by atoms with E-state index in [1.165, 1.54) is 0 Å². The van der Waals surface area contributed by atoms with Gasteiger partial charge in [-0.2, -0.15) is 0 Å². The lowest BCUT2D eigenvalue weighted by atomic mass is 11.1. The smallest absolute Gasteiger partial charge is 0.409 e. The Bertz CT molecular complexity index is 130. The van der Waals surface area contributed by atoms with Crippen LogP contribution in [-0.4, -0.2) is 0 Å². The molecule has 3 nitrogen and oxygen atoms in total. The third-order valence-corrected chi connectivity index (χ3v) is 1.65. The van der Waals surface area contributed by atoms with Crippen molar-refractivity contribution in [3.8, 4) is 0 Å². The van der Waals surface area contributed by atoms with Crippen LogP contribution >= 0.6 is 18.2 Å². The first-order valence-corrected chi connectivity index (χ1v) is 3.97. The van der Waals surface area contributed by atoms with E-state index >= 15 is 0 Å². The van der Waals surface area contributed by atoms with Crippen LogP contribution < -0.4 is 0 Å². The predicted octanol–water partition coefficient (Wildman–Crippen LogP) is 1.85. The summed E-state index contributed by atoms with van der Waals surface area (Å²) in [4.78, 5) is 0. The lowest BCUT2D eigenvalue weighted by molar-refractivity contribution is 0.394. The van der Waals surface area contributed by atoms with Crippen LogP contribution in [0, 0.1) is 0 Å². The topological polar surface area (TPSA) is 35.5 Å². The standard InChI is InChI=1S/C2H2ClO3P/c3-7(4)5-1-2-6-7/h1-2H. The van der Waals surface area contributed by atoms with Crippen molar-refractivity contribution < 1.29 is 13.6 Å². The Morgan fingerprint density at radius 2 is 1.86 bits per heavy atom. The fourth-order valence-electron chi connectivity index (χ4n) is 0.220. The molecule has 1 heterocycles. The van der Waals surface area contributed by atoms with Gasteiger partial charge in [-0.25, -0.2) is 4.57 Å². The second kappa shape index (κ2) is 1.42. The van der Waals surface area contributed by atoms with E-state index in [4.69, 9.17) is 11.2 Å². The van der Waals surface area contributed by atoms with Crippen molar-refractivity contribution in [3.63, 3.8) is 0 Å². The molecule has 0 atom stereocenters. The zero-order chi connectivity index (χ0) is 5.33. The van der Waals surface area contributed by atoms with Gasteiger partial charge in [0.2, 0.25) is 0 Å². The van der Waals surface area contributed by atoms with Crippen LogP contribution in [0.1, 0.15) is 0 Å². The monoisotopic (exact) mass is 140 g/mol. The number of hydrogen-bond donors (Lipinski definition) is 0. The summed E-state index contributed by atoms with van der Waals surface area (Å²) in [6, 6.07) is 0. The summed E-state index contributed by atoms with van der Waals surface area (Å²) in [7, 11) is 0. The van der Waals surface area contributed by atoms with Crippen LogP contribution in [0.4, 0.5) is 0 Å². The second-order valence-corrected chi connectivity index (χ2v) is 3.44. The number of rotatable bonds is 0. The minimum Gasteiger partial charge on any atom is -0.409 e. The quantitative estimate of drug-likeness (QED) is 0.482. The molecule has 0 spiro atoms. The average molecular weight is 140 g/mol. The fourth-order valence-corrected chi connectivity index (χ4v) is 0.936. The SMILES string of the molecule is O=P1(Cl)OC=CO1. The van der Waals surface area contributed by atoms with Crippen molar-refractivity contribution in [2.24, 2.45) is 0 Å². The van der Waals surface area contributed by atoms with Crippen molar-refractivity contribution in [1.29, 1.82) is 0 Å². The van der Waals surface area contributed by atoms with Gasteiger partial charge in [0.05, 0.1) is 0 Å². The molecule has 7 heavy (non-hydrogen) atoms. The molecule has 0 radical (unpaired) electrons. The molecule has 0 aromatic carbocycles. The first-order valence-electron chi connectivity index (χ1n) is 1.52. The van der Waals surface area contributed by atoms with Crippen LogP contribution in [0.2, 0.25) is 0 Å². The number of halogens is 1. The van der Waals surface area contributed by atoms with E-state index in [9.17, 15) is 4.57 Å². The minimum absolute atomic E-state index is 1.15. The Labute approximate surface area is 45.2 Å². The van der Waals surface area contributed by atoms with Crippen molar-refractivity contribution >= 4 is 18.2 Å². The first kappa shape index (κ1) is 5.01. The highest BCUT2D eigenvalue weighted by atomic mass is 35.7. The summed E-state index contributed by atoms with van der Waals surface area (Å²) in [5.41, 5.74) is 0. The Hall–Kier alpha value is -0.140. The molecule has 1 aliphatic rings. The Balaban J connectivity index is 2.67. The van der Waals surface area contributed by atoms with Crippen LogP contribution in [0.15, 0.2) is 12.5 Å². The van der Waals surface area contributed by atoms with E-state index in [2.05, 4.69) is 9.05 Å². The molecule has 0 N–H and O–H groups in total. The third-order valence-electron chi connectivity index (χ3n) is 0.429. The van der Waals surface area contributed by atoms with Crippen molar-refractivity contribution in [1.82, 2.24) is 0 Å². The molecule has 0 fully saturated rings. The van der Waals surface area contributed by atoms with Crippen molar-refractivity contribution in [2.45, 2.75) is 0 Å². The molecule has 0 amide bonds. The molecule has 0 saturated carbocycles. The Morgan fingerprint density at radius 1 is 1.43 bits per heavy atom. The lowest BCUT2D eigenvalue weighted by Crippen LogP contribution is -1.63. The molecule has 5 heteroatoms. The Morgan fingerprint density at radius 3 is 2.00 bits per heavy atom. The van der Waals surface area contributed by atoms with Gasteiger partial charge in [0, 0.05) is 11.2 Å². The van der Waals surface area contributed by atoms with Crippen molar-refractivity contribution in [2.75, 3.05) is 0 Å². The summed E-state index contributed by atoms with van der Waals surface area (Å²) in [6.07, 6.45) is 2.29. The summed E-state index contributed by atoms with van der Waals surface area (Å²) in [5, 5.41) is 0. The maximum atomic E-state index is 10.3. The van der Waals surface area contributed by atoms with Crippen LogP contribution in [0.3, 0.4) is 0 Å². The molecule has 40 valence electrons. The van der Waals surface area contributed by atoms with E-state index in [0.717, 1.165) is 12.5 Å². The molecule has 0 saturated heterocycles. The first-order chi connectivity index (χ1) is 3.21. The summed E-state index contributed by atoms with van der Waals surface area (Å²) < 4.78 is 18.8. The third kappa shape index (κ3) is 1.11. The van der Waals surface area contributed by atoms with Gasteiger partial charge in [-0.05, 0) is 0 Å². The summed E-state index contributed by atoms with van der Waals surface area (Å²) in [5.74, 6) is 0. The summed E-state index contributed by atoms with van der Waals surface area (Å²) >= 11 is 5.02. The van der Waals surface area contributed by atoms with Gasteiger partial charge in [0.25, 0.3) is 0 Å². The molecule has 0 unspecified atom stereocenters. The molecule has 1 rings (SSSR count). The second-order valence-electron chi connectivity index (χ2n) is 0.914. The summed E-state index contributed by atoms with van der Waals surface area (Å²) in [6.45, 7) is -3.18. The fraction of sp³-hybridized carbons (Fsp3) is 0. The van der Waals surface area contributed by atoms with Gasteiger partial charge >= 0.3 is 6.95 Å². The van der Waals surface area contributed by atoms with Gasteiger partial charge < -0.3 is 9.05 Å². The zero-order valence-electron chi connectivity index (χ0n) is 3.20. The van der Waals surface area contributed by atoms with Crippen LogP contribution in [0.25, 0.3) is 0 Å². The predicted molar refractivity (Wildman–Crippen MR) is 24.8 cm³/mol. The van der Waals surface area contributed by atoms with E-state index in [1.54, 1.807) is 0 Å². The van der Waals surface area contributed by atoms with E-state index in [1.807, 2.05) is 0 Å². The molecule has 1 aliphatic heterocycles. The molecule has 0 bridgehead atoms. The lowest BCUT2D eigenvalue weighted by Gasteiger charge is -1.95. The van der Waals surface area contributed by atoms with Gasteiger partial charge in [-0.15, -0.1) is 0 Å². The Kier molecular flexibility index (Phi) is 1.02. The van der Waals surface area contributed by atoms with Crippen molar-refractivity contribution in [3.05, 3.63) is 12.5 Å². The van der Waals surface area contributed by atoms with Crippen LogP contribution in [-0.2, 0) is 13.6 Å². The van der Waals surface area contributed by atoms with Crippen LogP contribution in [0.5, 0.6) is 0 Å².